The van der Waals surface area contributed by atoms with Gasteiger partial charge in [-0.15, -0.1) is 0 Å². The van der Waals surface area contributed by atoms with Gasteiger partial charge in [-0.25, -0.2) is 9.97 Å². The molecule has 2 aromatic heterocycles. The van der Waals surface area contributed by atoms with Crippen molar-refractivity contribution >= 4 is 21.7 Å². The van der Waals surface area contributed by atoms with Gasteiger partial charge in [0, 0.05) is 11.5 Å². The molecule has 1 N–H and O–H groups in total. The first-order valence-electron chi connectivity index (χ1n) is 5.76. The highest BCUT2D eigenvalue weighted by molar-refractivity contribution is 9.10. The van der Waals surface area contributed by atoms with Crippen LogP contribution in [0.3, 0.4) is 0 Å². The maximum absolute atomic E-state index is 5.27. The molecule has 0 fully saturated rings. The molecule has 2 aromatic rings. The van der Waals surface area contributed by atoms with Crippen LogP contribution in [0.2, 0.25) is 0 Å². The van der Waals surface area contributed by atoms with E-state index in [9.17, 15) is 0 Å². The van der Waals surface area contributed by atoms with Crippen molar-refractivity contribution < 1.29 is 4.42 Å². The van der Waals surface area contributed by atoms with Gasteiger partial charge in [-0.2, -0.15) is 0 Å². The molecule has 0 spiro atoms. The summed E-state index contributed by atoms with van der Waals surface area (Å²) in [6, 6.07) is 5.65. The average molecular weight is 310 g/mol. The molecule has 0 unspecified atom stereocenters. The molecule has 0 atom stereocenters. The number of nitrogens with zero attached hydrogens (tertiary/aromatic N) is 2. The molecule has 0 aliphatic carbocycles. The summed E-state index contributed by atoms with van der Waals surface area (Å²) in [6.07, 6.45) is 1.66. The number of furan rings is 1. The molecule has 0 aliphatic rings. The van der Waals surface area contributed by atoms with Crippen molar-refractivity contribution in [1.29, 1.82) is 0 Å². The average Bonchev–Trinajstić information content (AvgIpc) is 2.77. The van der Waals surface area contributed by atoms with Gasteiger partial charge in [0.15, 0.2) is 0 Å². The van der Waals surface area contributed by atoms with Crippen molar-refractivity contribution in [1.82, 2.24) is 9.97 Å². The Morgan fingerprint density at radius 1 is 1.33 bits per heavy atom. The Bertz CT molecular complexity index is 518. The van der Waals surface area contributed by atoms with Crippen LogP contribution in [0.5, 0.6) is 0 Å². The van der Waals surface area contributed by atoms with Crippen LogP contribution in [0.4, 0.5) is 5.82 Å². The van der Waals surface area contributed by atoms with Crippen LogP contribution in [0.1, 0.15) is 32.4 Å². The van der Waals surface area contributed by atoms with Crippen LogP contribution in [0, 0.1) is 0 Å². The molecule has 0 radical (unpaired) electrons. The Labute approximate surface area is 115 Å². The molecule has 0 bridgehead atoms. The first-order chi connectivity index (χ1) is 8.45. The third-order valence-corrected chi connectivity index (χ3v) is 2.80. The highest BCUT2D eigenvalue weighted by Gasteiger charge is 2.18. The number of hydrogen-bond donors (Lipinski definition) is 1. The van der Waals surface area contributed by atoms with Gasteiger partial charge >= 0.3 is 0 Å². The molecular weight excluding hydrogens is 294 g/mol. The van der Waals surface area contributed by atoms with Gasteiger partial charge in [0.05, 0.1) is 12.8 Å². The van der Waals surface area contributed by atoms with Gasteiger partial charge in [0.2, 0.25) is 0 Å². The van der Waals surface area contributed by atoms with E-state index in [-0.39, 0.29) is 5.41 Å². The third kappa shape index (κ3) is 3.32. The third-order valence-electron chi connectivity index (χ3n) is 2.39. The standard InChI is InChI=1S/C13H16BrN3O/c1-13(2,3)12-16-10(14)7-11(17-12)15-8-9-5-4-6-18-9/h4-7H,8H2,1-3H3,(H,15,16,17). The lowest BCUT2D eigenvalue weighted by Gasteiger charge is -2.17. The van der Waals surface area contributed by atoms with Gasteiger partial charge in [-0.3, -0.25) is 0 Å². The predicted octanol–water partition coefficient (Wildman–Crippen LogP) is 3.74. The molecule has 5 heteroatoms. The maximum Gasteiger partial charge on any atom is 0.137 e. The summed E-state index contributed by atoms with van der Waals surface area (Å²) in [5.74, 6) is 2.47. The summed E-state index contributed by atoms with van der Waals surface area (Å²) in [7, 11) is 0. The molecular formula is C13H16BrN3O. The van der Waals surface area contributed by atoms with Crippen molar-refractivity contribution in [3.05, 3.63) is 40.7 Å². The second-order valence-corrected chi connectivity index (χ2v) is 5.89. The topological polar surface area (TPSA) is 51.0 Å². The van der Waals surface area contributed by atoms with E-state index in [1.807, 2.05) is 18.2 Å². The summed E-state index contributed by atoms with van der Waals surface area (Å²) < 4.78 is 6.05. The largest absolute Gasteiger partial charge is 0.467 e. The fourth-order valence-electron chi connectivity index (χ4n) is 1.43. The van der Waals surface area contributed by atoms with Gasteiger partial charge in [-0.1, -0.05) is 20.8 Å². The number of halogens is 1. The van der Waals surface area contributed by atoms with E-state index < -0.39 is 0 Å². The second-order valence-electron chi connectivity index (χ2n) is 5.08. The second kappa shape index (κ2) is 5.10. The first kappa shape index (κ1) is 13.1. The van der Waals surface area contributed by atoms with Crippen LogP contribution in [-0.4, -0.2) is 9.97 Å². The van der Waals surface area contributed by atoms with E-state index in [0.29, 0.717) is 6.54 Å². The molecule has 96 valence electrons. The van der Waals surface area contributed by atoms with Gasteiger partial charge < -0.3 is 9.73 Å². The molecule has 4 nitrogen and oxygen atoms in total. The summed E-state index contributed by atoms with van der Waals surface area (Å²) in [5.41, 5.74) is -0.0785. The monoisotopic (exact) mass is 309 g/mol. The minimum Gasteiger partial charge on any atom is -0.467 e. The van der Waals surface area contributed by atoms with Crippen molar-refractivity contribution in [2.24, 2.45) is 0 Å². The molecule has 0 saturated carbocycles. The highest BCUT2D eigenvalue weighted by Crippen LogP contribution is 2.22. The van der Waals surface area contributed by atoms with E-state index >= 15 is 0 Å². The molecule has 0 saturated heterocycles. The Morgan fingerprint density at radius 2 is 2.11 bits per heavy atom. The zero-order valence-corrected chi connectivity index (χ0v) is 12.3. The number of nitrogens with one attached hydrogen (secondary N) is 1. The van der Waals surface area contributed by atoms with Crippen molar-refractivity contribution in [3.8, 4) is 0 Å². The van der Waals surface area contributed by atoms with E-state index in [1.54, 1.807) is 6.26 Å². The normalized spacial score (nSPS) is 11.6. The summed E-state index contributed by atoms with van der Waals surface area (Å²) in [4.78, 5) is 8.90. The van der Waals surface area contributed by atoms with E-state index in [0.717, 1.165) is 22.0 Å². The van der Waals surface area contributed by atoms with Crippen LogP contribution < -0.4 is 5.32 Å². The molecule has 18 heavy (non-hydrogen) atoms. The number of rotatable bonds is 3. The predicted molar refractivity (Wildman–Crippen MR) is 74.5 cm³/mol. The lowest BCUT2D eigenvalue weighted by molar-refractivity contribution is 0.517. The van der Waals surface area contributed by atoms with E-state index in [4.69, 9.17) is 4.42 Å². The Kier molecular flexibility index (Phi) is 3.71. The van der Waals surface area contributed by atoms with Crippen molar-refractivity contribution in [2.45, 2.75) is 32.7 Å². The van der Waals surface area contributed by atoms with Gasteiger partial charge in [-0.05, 0) is 28.1 Å². The van der Waals surface area contributed by atoms with Crippen LogP contribution in [0.25, 0.3) is 0 Å². The quantitative estimate of drug-likeness (QED) is 0.877. The lowest BCUT2D eigenvalue weighted by atomic mass is 9.96. The van der Waals surface area contributed by atoms with Crippen LogP contribution in [-0.2, 0) is 12.0 Å². The molecule has 0 aliphatic heterocycles. The zero-order valence-electron chi connectivity index (χ0n) is 10.7. The smallest absolute Gasteiger partial charge is 0.137 e. The first-order valence-corrected chi connectivity index (χ1v) is 6.56. The summed E-state index contributed by atoms with van der Waals surface area (Å²) in [5, 5.41) is 3.23. The minimum absolute atomic E-state index is 0.0785. The number of anilines is 1. The maximum atomic E-state index is 5.27. The molecule has 2 heterocycles. The van der Waals surface area contributed by atoms with Gasteiger partial charge in [0.1, 0.15) is 22.0 Å². The summed E-state index contributed by atoms with van der Waals surface area (Å²) >= 11 is 3.41. The Balaban J connectivity index is 2.15. The van der Waals surface area contributed by atoms with Crippen molar-refractivity contribution in [2.75, 3.05) is 5.32 Å². The Morgan fingerprint density at radius 3 is 2.72 bits per heavy atom. The summed E-state index contributed by atoms with van der Waals surface area (Å²) in [6.45, 7) is 6.88. The Hall–Kier alpha value is -1.36. The molecule has 0 amide bonds. The van der Waals surface area contributed by atoms with E-state index in [1.165, 1.54) is 0 Å². The lowest BCUT2D eigenvalue weighted by Crippen LogP contribution is -2.17. The SMILES string of the molecule is CC(C)(C)c1nc(Br)cc(NCc2ccco2)n1. The number of aromatic nitrogens is 2. The molecule has 2 rings (SSSR count). The van der Waals surface area contributed by atoms with Gasteiger partial charge in [0.25, 0.3) is 0 Å². The number of hydrogen-bond acceptors (Lipinski definition) is 4. The fraction of sp³-hybridized carbons (Fsp3) is 0.385. The fourth-order valence-corrected chi connectivity index (χ4v) is 1.82. The molecule has 0 aromatic carbocycles. The van der Waals surface area contributed by atoms with Crippen LogP contribution in [0.15, 0.2) is 33.5 Å². The zero-order chi connectivity index (χ0) is 13.2. The van der Waals surface area contributed by atoms with E-state index in [2.05, 4.69) is 52.0 Å². The van der Waals surface area contributed by atoms with Crippen molar-refractivity contribution in [3.63, 3.8) is 0 Å². The van der Waals surface area contributed by atoms with Crippen LogP contribution >= 0.6 is 15.9 Å². The highest BCUT2D eigenvalue weighted by atomic mass is 79.9. The minimum atomic E-state index is -0.0785.